The molecule has 2 rings (SSSR count). The van der Waals surface area contributed by atoms with Gasteiger partial charge in [0.05, 0.1) is 6.61 Å². The summed E-state index contributed by atoms with van der Waals surface area (Å²) in [6.07, 6.45) is 1.42. The number of nitrogens with two attached hydrogens (primary N) is 1. The van der Waals surface area contributed by atoms with Crippen LogP contribution in [0.1, 0.15) is 6.92 Å². The maximum atomic E-state index is 5.93. The van der Waals surface area contributed by atoms with Gasteiger partial charge in [-0.05, 0) is 25.1 Å². The van der Waals surface area contributed by atoms with Gasteiger partial charge in [0.25, 0.3) is 0 Å². The lowest BCUT2D eigenvalue weighted by molar-refractivity contribution is 0.328. The highest BCUT2D eigenvalue weighted by Gasteiger charge is 2.08. The molecule has 0 aliphatic heterocycles. The Morgan fingerprint density at radius 2 is 2.22 bits per heavy atom. The van der Waals surface area contributed by atoms with E-state index < -0.39 is 0 Å². The van der Waals surface area contributed by atoms with Crippen LogP contribution >= 0.6 is 15.9 Å². The lowest BCUT2D eigenvalue weighted by Crippen LogP contribution is -2.04. The number of hydrogen-bond acceptors (Lipinski definition) is 5. The number of nitrogens with zero attached hydrogens (tertiary/aromatic N) is 2. The van der Waals surface area contributed by atoms with Crippen molar-refractivity contribution in [1.82, 2.24) is 9.97 Å². The fraction of sp³-hybridized carbons (Fsp3) is 0.167. The molecule has 0 amide bonds. The normalized spacial score (nSPS) is 10.1. The molecule has 0 bridgehead atoms. The fourth-order valence-electron chi connectivity index (χ4n) is 1.43. The zero-order valence-corrected chi connectivity index (χ0v) is 11.4. The number of ether oxygens (including phenoxy) is 1. The van der Waals surface area contributed by atoms with E-state index in [0.29, 0.717) is 24.0 Å². The number of benzene rings is 1. The van der Waals surface area contributed by atoms with Crippen LogP contribution < -0.4 is 15.8 Å². The number of aromatic nitrogens is 2. The lowest BCUT2D eigenvalue weighted by atomic mass is 10.3. The zero-order valence-electron chi connectivity index (χ0n) is 9.85. The average molecular weight is 309 g/mol. The Bertz CT molecular complexity index is 547. The average Bonchev–Trinajstić information content (AvgIpc) is 2.35. The molecule has 18 heavy (non-hydrogen) atoms. The van der Waals surface area contributed by atoms with Crippen LogP contribution in [-0.2, 0) is 0 Å². The molecule has 0 aliphatic rings. The largest absolute Gasteiger partial charge is 0.476 e. The van der Waals surface area contributed by atoms with Crippen molar-refractivity contribution in [3.8, 4) is 5.88 Å². The van der Waals surface area contributed by atoms with Gasteiger partial charge in [-0.1, -0.05) is 22.0 Å². The third-order valence-corrected chi connectivity index (χ3v) is 2.71. The molecule has 0 spiro atoms. The quantitative estimate of drug-likeness (QED) is 0.908. The van der Waals surface area contributed by atoms with Crippen molar-refractivity contribution >= 4 is 33.1 Å². The molecule has 0 saturated heterocycles. The van der Waals surface area contributed by atoms with Gasteiger partial charge in [0.1, 0.15) is 12.0 Å². The second-order valence-corrected chi connectivity index (χ2v) is 4.43. The van der Waals surface area contributed by atoms with Gasteiger partial charge in [-0.3, -0.25) is 0 Å². The molecule has 6 heteroatoms. The summed E-state index contributed by atoms with van der Waals surface area (Å²) < 4.78 is 6.29. The molecule has 94 valence electrons. The molecule has 2 aromatic rings. The third kappa shape index (κ3) is 2.89. The van der Waals surface area contributed by atoms with Crippen LogP contribution in [-0.4, -0.2) is 16.6 Å². The SMILES string of the molecule is CCOc1ncnc(Nc2cccc(Br)c2)c1N. The Morgan fingerprint density at radius 3 is 2.94 bits per heavy atom. The first kappa shape index (κ1) is 12.6. The summed E-state index contributed by atoms with van der Waals surface area (Å²) in [5.41, 5.74) is 7.22. The number of nitrogens with one attached hydrogen (secondary N) is 1. The summed E-state index contributed by atoms with van der Waals surface area (Å²) in [4.78, 5) is 8.08. The first-order valence-corrected chi connectivity index (χ1v) is 6.26. The van der Waals surface area contributed by atoms with Crippen molar-refractivity contribution in [3.05, 3.63) is 35.1 Å². The van der Waals surface area contributed by atoms with Gasteiger partial charge < -0.3 is 15.8 Å². The van der Waals surface area contributed by atoms with Crippen LogP contribution in [0.3, 0.4) is 0 Å². The lowest BCUT2D eigenvalue weighted by Gasteiger charge is -2.11. The summed E-state index contributed by atoms with van der Waals surface area (Å²) in [5, 5.41) is 3.13. The fourth-order valence-corrected chi connectivity index (χ4v) is 1.83. The summed E-state index contributed by atoms with van der Waals surface area (Å²) >= 11 is 3.40. The highest BCUT2D eigenvalue weighted by atomic mass is 79.9. The molecule has 0 unspecified atom stereocenters. The molecular formula is C12H13BrN4O. The second-order valence-electron chi connectivity index (χ2n) is 3.51. The van der Waals surface area contributed by atoms with E-state index in [2.05, 4.69) is 31.2 Å². The Hall–Kier alpha value is -1.82. The van der Waals surface area contributed by atoms with Gasteiger partial charge in [-0.25, -0.2) is 4.98 Å². The molecular weight excluding hydrogens is 296 g/mol. The zero-order chi connectivity index (χ0) is 13.0. The van der Waals surface area contributed by atoms with Gasteiger partial charge in [-0.2, -0.15) is 4.98 Å². The van der Waals surface area contributed by atoms with E-state index in [1.165, 1.54) is 6.33 Å². The monoisotopic (exact) mass is 308 g/mol. The molecule has 1 aromatic heterocycles. The van der Waals surface area contributed by atoms with Crippen LogP contribution in [0.5, 0.6) is 5.88 Å². The van der Waals surface area contributed by atoms with Crippen LogP contribution in [0.4, 0.5) is 17.2 Å². The van der Waals surface area contributed by atoms with E-state index in [1.807, 2.05) is 31.2 Å². The van der Waals surface area contributed by atoms with E-state index in [4.69, 9.17) is 10.5 Å². The van der Waals surface area contributed by atoms with Crippen molar-refractivity contribution in [2.24, 2.45) is 0 Å². The Labute approximate surface area is 114 Å². The molecule has 1 aromatic carbocycles. The summed E-state index contributed by atoms with van der Waals surface area (Å²) in [6, 6.07) is 7.72. The van der Waals surface area contributed by atoms with E-state index in [0.717, 1.165) is 10.2 Å². The van der Waals surface area contributed by atoms with E-state index >= 15 is 0 Å². The van der Waals surface area contributed by atoms with E-state index in [-0.39, 0.29) is 0 Å². The Kier molecular flexibility index (Phi) is 3.99. The minimum absolute atomic E-state index is 0.394. The molecule has 3 N–H and O–H groups in total. The Morgan fingerprint density at radius 1 is 1.39 bits per heavy atom. The van der Waals surface area contributed by atoms with Crippen LogP contribution in [0.2, 0.25) is 0 Å². The minimum Gasteiger partial charge on any atom is -0.476 e. The number of rotatable bonds is 4. The van der Waals surface area contributed by atoms with Crippen LogP contribution in [0, 0.1) is 0 Å². The first-order chi connectivity index (χ1) is 8.70. The predicted octanol–water partition coefficient (Wildman–Crippen LogP) is 2.96. The maximum Gasteiger partial charge on any atom is 0.242 e. The van der Waals surface area contributed by atoms with Gasteiger partial charge >= 0.3 is 0 Å². The number of anilines is 3. The van der Waals surface area contributed by atoms with Gasteiger partial charge in [0, 0.05) is 10.2 Å². The highest BCUT2D eigenvalue weighted by Crippen LogP contribution is 2.28. The van der Waals surface area contributed by atoms with E-state index in [9.17, 15) is 0 Å². The van der Waals surface area contributed by atoms with E-state index in [1.54, 1.807) is 0 Å². The van der Waals surface area contributed by atoms with Crippen LogP contribution in [0.25, 0.3) is 0 Å². The summed E-state index contributed by atoms with van der Waals surface area (Å²) in [7, 11) is 0. The second kappa shape index (κ2) is 5.68. The molecule has 0 saturated carbocycles. The first-order valence-electron chi connectivity index (χ1n) is 5.46. The molecule has 0 atom stereocenters. The maximum absolute atomic E-state index is 5.93. The molecule has 0 radical (unpaired) electrons. The number of nitrogen functional groups attached to an aromatic ring is 1. The third-order valence-electron chi connectivity index (χ3n) is 2.22. The predicted molar refractivity (Wildman–Crippen MR) is 75.0 cm³/mol. The van der Waals surface area contributed by atoms with Crippen molar-refractivity contribution in [2.45, 2.75) is 6.92 Å². The van der Waals surface area contributed by atoms with Crippen molar-refractivity contribution in [2.75, 3.05) is 17.7 Å². The Balaban J connectivity index is 2.26. The van der Waals surface area contributed by atoms with Gasteiger partial charge in [0.2, 0.25) is 5.88 Å². The number of hydrogen-bond donors (Lipinski definition) is 2. The van der Waals surface area contributed by atoms with Crippen molar-refractivity contribution < 1.29 is 4.74 Å². The molecule has 0 aliphatic carbocycles. The van der Waals surface area contributed by atoms with Crippen molar-refractivity contribution in [3.63, 3.8) is 0 Å². The summed E-state index contributed by atoms with van der Waals surface area (Å²) in [5.74, 6) is 0.927. The summed E-state index contributed by atoms with van der Waals surface area (Å²) in [6.45, 7) is 2.39. The van der Waals surface area contributed by atoms with Crippen molar-refractivity contribution in [1.29, 1.82) is 0 Å². The highest BCUT2D eigenvalue weighted by molar-refractivity contribution is 9.10. The standard InChI is InChI=1S/C12H13BrN4O/c1-2-18-12-10(14)11(15-7-16-12)17-9-5-3-4-8(13)6-9/h3-7H,2,14H2,1H3,(H,15,16,17). The van der Waals surface area contributed by atoms with Gasteiger partial charge in [-0.15, -0.1) is 0 Å². The molecule has 1 heterocycles. The minimum atomic E-state index is 0.394. The smallest absolute Gasteiger partial charge is 0.242 e. The molecule has 5 nitrogen and oxygen atoms in total. The van der Waals surface area contributed by atoms with Gasteiger partial charge in [0.15, 0.2) is 5.82 Å². The molecule has 0 fully saturated rings. The topological polar surface area (TPSA) is 73.1 Å². The number of halogens is 1. The van der Waals surface area contributed by atoms with Crippen LogP contribution in [0.15, 0.2) is 35.1 Å².